The van der Waals surface area contributed by atoms with E-state index in [-0.39, 0.29) is 30.5 Å². The molecule has 2 aliphatic rings. The van der Waals surface area contributed by atoms with Gasteiger partial charge in [-0.05, 0) is 43.4 Å². The van der Waals surface area contributed by atoms with Gasteiger partial charge in [0.2, 0.25) is 0 Å². The molecule has 1 aliphatic heterocycles. The number of fused-ring (bicyclic) bond motifs is 1. The number of hydrogen-bond donors (Lipinski definition) is 2. The number of nitrogens with zero attached hydrogens (tertiary/aromatic N) is 3. The number of aromatic nitrogens is 2. The Balaban J connectivity index is 1.41. The number of rotatable bonds is 9. The summed E-state index contributed by atoms with van der Waals surface area (Å²) in [6, 6.07) is 8.13. The maximum Gasteiger partial charge on any atom is 0.344 e. The minimum Gasteiger partial charge on any atom is -0.482 e. The number of hydrogen-bond acceptors (Lipinski definition) is 7. The molecule has 0 amide bonds. The summed E-state index contributed by atoms with van der Waals surface area (Å²) in [5, 5.41) is 13.5. The topological polar surface area (TPSA) is 90.9 Å². The molecule has 8 nitrogen and oxygen atoms in total. The summed E-state index contributed by atoms with van der Waals surface area (Å²) in [6.07, 6.45) is 3.78. The van der Waals surface area contributed by atoms with Crippen LogP contribution >= 0.6 is 0 Å². The van der Waals surface area contributed by atoms with Gasteiger partial charge < -0.3 is 19.6 Å². The van der Waals surface area contributed by atoms with Gasteiger partial charge in [0.1, 0.15) is 17.8 Å². The lowest BCUT2D eigenvalue weighted by atomic mass is 9.86. The van der Waals surface area contributed by atoms with E-state index in [4.69, 9.17) is 9.47 Å². The highest BCUT2D eigenvalue weighted by molar-refractivity contribution is 5.71. The lowest BCUT2D eigenvalue weighted by Gasteiger charge is -2.47. The molecule has 0 spiro atoms. The smallest absolute Gasteiger partial charge is 0.344 e. The number of aromatic amines is 1. The average Bonchev–Trinajstić information content (AvgIpc) is 3.21. The first kappa shape index (κ1) is 26.4. The third-order valence-electron chi connectivity index (χ3n) is 7.23. The van der Waals surface area contributed by atoms with Gasteiger partial charge in [0.25, 0.3) is 0 Å². The zero-order valence-electron chi connectivity index (χ0n) is 22.1. The summed E-state index contributed by atoms with van der Waals surface area (Å²) >= 11 is 0. The number of aliphatic hydroxyl groups is 1. The Morgan fingerprint density at radius 3 is 2.83 bits per heavy atom. The number of carbonyl (C=O) groups excluding carboxylic acids is 1. The molecule has 1 fully saturated rings. The SMILES string of the molecule is CCOC(=O)COc1cccc(CN2CCN(C(O)C3C=c4[nH]c(C)nc4=CC3C)[C@@H](C(C)C)C2)c1. The molecule has 4 rings (SSSR count). The van der Waals surface area contributed by atoms with Crippen LogP contribution in [-0.2, 0) is 16.1 Å². The molecule has 2 aromatic rings. The predicted octanol–water partition coefficient (Wildman–Crippen LogP) is 1.65. The van der Waals surface area contributed by atoms with Crippen molar-refractivity contribution in [3.63, 3.8) is 0 Å². The number of piperazine rings is 1. The molecule has 3 unspecified atom stereocenters. The summed E-state index contributed by atoms with van der Waals surface area (Å²) in [5.74, 6) is 1.82. The lowest BCUT2D eigenvalue weighted by Crippen LogP contribution is -2.60. The van der Waals surface area contributed by atoms with Crippen LogP contribution in [0.25, 0.3) is 12.2 Å². The molecule has 1 saturated heterocycles. The van der Waals surface area contributed by atoms with E-state index in [1.165, 1.54) is 0 Å². The normalized spacial score (nSPS) is 23.5. The van der Waals surface area contributed by atoms with E-state index in [0.717, 1.165) is 48.3 Å². The summed E-state index contributed by atoms with van der Waals surface area (Å²) in [5.41, 5.74) is 1.14. The Bertz CT molecular complexity index is 1160. The molecule has 1 aromatic carbocycles. The first-order valence-electron chi connectivity index (χ1n) is 13.0. The van der Waals surface area contributed by atoms with Crippen molar-refractivity contribution in [1.82, 2.24) is 19.8 Å². The fourth-order valence-corrected chi connectivity index (χ4v) is 5.35. The van der Waals surface area contributed by atoms with E-state index < -0.39 is 6.23 Å². The Morgan fingerprint density at radius 1 is 1.28 bits per heavy atom. The predicted molar refractivity (Wildman–Crippen MR) is 139 cm³/mol. The number of nitrogens with one attached hydrogen (secondary N) is 1. The van der Waals surface area contributed by atoms with Crippen LogP contribution in [0.15, 0.2) is 24.3 Å². The highest BCUT2D eigenvalue weighted by Gasteiger charge is 2.37. The number of H-pyrrole nitrogens is 1. The first-order valence-corrected chi connectivity index (χ1v) is 13.0. The largest absolute Gasteiger partial charge is 0.482 e. The van der Waals surface area contributed by atoms with Crippen LogP contribution in [0.1, 0.15) is 39.1 Å². The van der Waals surface area contributed by atoms with Crippen LogP contribution in [0, 0.1) is 24.7 Å². The highest BCUT2D eigenvalue weighted by atomic mass is 16.6. The molecular formula is C28H40N4O4. The van der Waals surface area contributed by atoms with Gasteiger partial charge in [-0.3, -0.25) is 9.80 Å². The second-order valence-electron chi connectivity index (χ2n) is 10.3. The van der Waals surface area contributed by atoms with Crippen LogP contribution in [0.2, 0.25) is 0 Å². The number of benzene rings is 1. The van der Waals surface area contributed by atoms with Gasteiger partial charge in [0.15, 0.2) is 6.61 Å². The highest BCUT2D eigenvalue weighted by Crippen LogP contribution is 2.29. The maximum atomic E-state index is 11.6. The maximum absolute atomic E-state index is 11.6. The molecule has 2 heterocycles. The molecule has 0 saturated carbocycles. The van der Waals surface area contributed by atoms with Crippen LogP contribution in [0.3, 0.4) is 0 Å². The van der Waals surface area contributed by atoms with Crippen LogP contribution < -0.4 is 15.4 Å². The molecular weight excluding hydrogens is 456 g/mol. The van der Waals surface area contributed by atoms with Gasteiger partial charge in [-0.2, -0.15) is 0 Å². The zero-order chi connectivity index (χ0) is 25.8. The Labute approximate surface area is 213 Å². The Hall–Kier alpha value is -2.68. The average molecular weight is 497 g/mol. The van der Waals surface area contributed by atoms with Crippen molar-refractivity contribution >= 4 is 18.1 Å². The lowest BCUT2D eigenvalue weighted by molar-refractivity contribution is -0.145. The van der Waals surface area contributed by atoms with Crippen molar-refractivity contribution in [2.75, 3.05) is 32.8 Å². The molecule has 0 bridgehead atoms. The van der Waals surface area contributed by atoms with Gasteiger partial charge in [0, 0.05) is 38.1 Å². The minimum absolute atomic E-state index is 0.0124. The molecule has 0 radical (unpaired) electrons. The molecule has 4 atom stereocenters. The van der Waals surface area contributed by atoms with Crippen molar-refractivity contribution in [2.24, 2.45) is 17.8 Å². The molecule has 36 heavy (non-hydrogen) atoms. The number of carbonyl (C=O) groups is 1. The fourth-order valence-electron chi connectivity index (χ4n) is 5.35. The van der Waals surface area contributed by atoms with Crippen molar-refractivity contribution in [2.45, 2.75) is 53.4 Å². The van der Waals surface area contributed by atoms with E-state index in [1.54, 1.807) is 6.92 Å². The Kier molecular flexibility index (Phi) is 8.49. The number of esters is 1. The summed E-state index contributed by atoms with van der Waals surface area (Å²) < 4.78 is 10.6. The monoisotopic (exact) mass is 496 g/mol. The minimum atomic E-state index is -0.554. The summed E-state index contributed by atoms with van der Waals surface area (Å²) in [6.45, 7) is 14.0. The fraction of sp³-hybridized carbons (Fsp3) is 0.571. The molecule has 2 N–H and O–H groups in total. The van der Waals surface area contributed by atoms with E-state index in [9.17, 15) is 9.90 Å². The molecule has 1 aromatic heterocycles. The number of aryl methyl sites for hydroxylation is 1. The van der Waals surface area contributed by atoms with Gasteiger partial charge in [0.05, 0.1) is 17.3 Å². The third-order valence-corrected chi connectivity index (χ3v) is 7.23. The Morgan fingerprint density at radius 2 is 2.08 bits per heavy atom. The van der Waals surface area contributed by atoms with Crippen molar-refractivity contribution < 1.29 is 19.4 Å². The third kappa shape index (κ3) is 6.17. The van der Waals surface area contributed by atoms with E-state index in [1.807, 2.05) is 25.1 Å². The van der Waals surface area contributed by atoms with Gasteiger partial charge in [-0.25, -0.2) is 9.78 Å². The second kappa shape index (κ2) is 11.6. The van der Waals surface area contributed by atoms with Gasteiger partial charge in [-0.15, -0.1) is 0 Å². The quantitative estimate of drug-likeness (QED) is 0.510. The summed E-state index contributed by atoms with van der Waals surface area (Å²) in [7, 11) is 0. The van der Waals surface area contributed by atoms with Crippen LogP contribution in [-0.4, -0.2) is 76.0 Å². The van der Waals surface area contributed by atoms with Crippen molar-refractivity contribution in [3.8, 4) is 5.75 Å². The number of imidazole rings is 1. The standard InChI is InChI=1S/C28H40N4O4/c1-6-35-27(33)17-36-22-9-7-8-21(13-22)15-31-10-11-32(26(16-31)18(2)3)28(34)23-14-25-24(12-19(23)4)29-20(5)30-25/h7-9,12-14,18-19,23,26,28,34H,6,10-11,15-17H2,1-5H3,(H,29,30)/t19?,23?,26-,28?/m1/s1. The van der Waals surface area contributed by atoms with Crippen LogP contribution in [0.4, 0.5) is 0 Å². The van der Waals surface area contributed by atoms with E-state index in [2.05, 4.69) is 58.8 Å². The zero-order valence-corrected chi connectivity index (χ0v) is 22.1. The van der Waals surface area contributed by atoms with Gasteiger partial charge in [-0.1, -0.05) is 45.1 Å². The first-order chi connectivity index (χ1) is 17.2. The number of aliphatic hydroxyl groups excluding tert-OH is 1. The van der Waals surface area contributed by atoms with Gasteiger partial charge >= 0.3 is 5.97 Å². The van der Waals surface area contributed by atoms with Crippen LogP contribution in [0.5, 0.6) is 5.75 Å². The molecule has 8 heteroatoms. The second-order valence-corrected chi connectivity index (χ2v) is 10.3. The molecule has 196 valence electrons. The van der Waals surface area contributed by atoms with E-state index >= 15 is 0 Å². The van der Waals surface area contributed by atoms with Crippen molar-refractivity contribution in [1.29, 1.82) is 0 Å². The molecule has 1 aliphatic carbocycles. The van der Waals surface area contributed by atoms with E-state index in [0.29, 0.717) is 18.3 Å². The number of ether oxygens (including phenoxy) is 2. The van der Waals surface area contributed by atoms with Crippen molar-refractivity contribution in [3.05, 3.63) is 46.4 Å². The summed E-state index contributed by atoms with van der Waals surface area (Å²) in [4.78, 5) is 24.2.